The van der Waals surface area contributed by atoms with Crippen LogP contribution in [-0.2, 0) is 13.0 Å². The normalized spacial score (nSPS) is 11.2. The van der Waals surface area contributed by atoms with E-state index in [2.05, 4.69) is 44.9 Å². The lowest BCUT2D eigenvalue weighted by atomic mass is 10.1. The highest BCUT2D eigenvalue weighted by atomic mass is 15.2. The first-order chi connectivity index (χ1) is 10.4. The number of nitrogens with one attached hydrogen (secondary N) is 2. The Labute approximate surface area is 126 Å². The molecule has 0 bridgehead atoms. The Balaban J connectivity index is 1.66. The topological polar surface area (TPSA) is 49.3 Å². The van der Waals surface area contributed by atoms with Crippen molar-refractivity contribution in [3.8, 4) is 0 Å². The fourth-order valence-corrected chi connectivity index (χ4v) is 2.04. The minimum absolute atomic E-state index is 0.680. The van der Waals surface area contributed by atoms with Crippen LogP contribution < -0.4 is 10.6 Å². The van der Waals surface area contributed by atoms with E-state index >= 15 is 0 Å². The predicted octanol–water partition coefficient (Wildman–Crippen LogP) is 2.38. The Morgan fingerprint density at radius 3 is 2.57 bits per heavy atom. The number of nitrogens with zero attached hydrogens (tertiary/aromatic N) is 2. The van der Waals surface area contributed by atoms with Gasteiger partial charge in [0.25, 0.3) is 0 Å². The van der Waals surface area contributed by atoms with Crippen molar-refractivity contribution in [2.24, 2.45) is 4.99 Å². The van der Waals surface area contributed by atoms with E-state index in [0.717, 1.165) is 31.0 Å². The van der Waals surface area contributed by atoms with Gasteiger partial charge in [-0.1, -0.05) is 36.4 Å². The molecule has 0 saturated carbocycles. The van der Waals surface area contributed by atoms with Gasteiger partial charge in [-0.05, 0) is 30.5 Å². The Morgan fingerprint density at radius 1 is 1.05 bits per heavy atom. The molecule has 1 aromatic carbocycles. The fourth-order valence-electron chi connectivity index (χ4n) is 2.04. The number of aromatic nitrogens is 1. The van der Waals surface area contributed by atoms with E-state index in [9.17, 15) is 0 Å². The molecular formula is C17H22N4. The second-order valence-corrected chi connectivity index (χ2v) is 4.76. The van der Waals surface area contributed by atoms with Gasteiger partial charge in [0.15, 0.2) is 5.96 Å². The molecular weight excluding hydrogens is 260 g/mol. The molecule has 2 rings (SSSR count). The van der Waals surface area contributed by atoms with Gasteiger partial charge in [-0.3, -0.25) is 9.98 Å². The van der Waals surface area contributed by atoms with Crippen molar-refractivity contribution in [2.45, 2.75) is 19.4 Å². The molecule has 0 aliphatic rings. The molecule has 0 spiro atoms. The summed E-state index contributed by atoms with van der Waals surface area (Å²) in [5, 5.41) is 6.58. The third kappa shape index (κ3) is 5.65. The SMILES string of the molecule is CN=C(NCCCc1ccccc1)NCc1ccccn1. The summed E-state index contributed by atoms with van der Waals surface area (Å²) in [5.41, 5.74) is 2.38. The molecule has 0 aliphatic heterocycles. The van der Waals surface area contributed by atoms with Crippen molar-refractivity contribution in [1.29, 1.82) is 0 Å². The number of aryl methyl sites for hydroxylation is 1. The van der Waals surface area contributed by atoms with E-state index < -0.39 is 0 Å². The lowest BCUT2D eigenvalue weighted by Crippen LogP contribution is -2.37. The second-order valence-electron chi connectivity index (χ2n) is 4.76. The van der Waals surface area contributed by atoms with E-state index in [1.54, 1.807) is 13.2 Å². The summed E-state index contributed by atoms with van der Waals surface area (Å²) < 4.78 is 0. The minimum Gasteiger partial charge on any atom is -0.356 e. The van der Waals surface area contributed by atoms with Gasteiger partial charge in [0.2, 0.25) is 0 Å². The van der Waals surface area contributed by atoms with Gasteiger partial charge in [-0.2, -0.15) is 0 Å². The lowest BCUT2D eigenvalue weighted by Gasteiger charge is -2.11. The van der Waals surface area contributed by atoms with Crippen LogP contribution in [-0.4, -0.2) is 24.5 Å². The van der Waals surface area contributed by atoms with Gasteiger partial charge in [0.05, 0.1) is 12.2 Å². The molecule has 110 valence electrons. The van der Waals surface area contributed by atoms with E-state index in [1.807, 2.05) is 24.3 Å². The van der Waals surface area contributed by atoms with Gasteiger partial charge >= 0.3 is 0 Å². The van der Waals surface area contributed by atoms with Gasteiger partial charge in [-0.25, -0.2) is 0 Å². The quantitative estimate of drug-likeness (QED) is 0.486. The molecule has 0 saturated heterocycles. The standard InChI is InChI=1S/C17H22N4/c1-18-17(21-14-16-11-5-6-12-19-16)20-13-7-10-15-8-3-2-4-9-15/h2-6,8-9,11-12H,7,10,13-14H2,1H3,(H2,18,20,21). The van der Waals surface area contributed by atoms with Crippen LogP contribution >= 0.6 is 0 Å². The summed E-state index contributed by atoms with van der Waals surface area (Å²) in [6.45, 7) is 1.58. The molecule has 0 radical (unpaired) electrons. The third-order valence-corrected chi connectivity index (χ3v) is 3.16. The molecule has 1 aromatic heterocycles. The van der Waals surface area contributed by atoms with Crippen molar-refractivity contribution in [1.82, 2.24) is 15.6 Å². The van der Waals surface area contributed by atoms with Crippen LogP contribution in [0.2, 0.25) is 0 Å². The van der Waals surface area contributed by atoms with Crippen LogP contribution in [0.15, 0.2) is 59.7 Å². The highest BCUT2D eigenvalue weighted by Crippen LogP contribution is 2.01. The van der Waals surface area contributed by atoms with Crippen LogP contribution in [0.3, 0.4) is 0 Å². The highest BCUT2D eigenvalue weighted by Gasteiger charge is 1.98. The van der Waals surface area contributed by atoms with E-state index in [4.69, 9.17) is 0 Å². The molecule has 4 heteroatoms. The number of benzene rings is 1. The molecule has 0 unspecified atom stereocenters. The van der Waals surface area contributed by atoms with Crippen molar-refractivity contribution in [3.63, 3.8) is 0 Å². The van der Waals surface area contributed by atoms with Gasteiger partial charge in [-0.15, -0.1) is 0 Å². The Kier molecular flexibility index (Phi) is 6.26. The molecule has 0 fully saturated rings. The zero-order valence-electron chi connectivity index (χ0n) is 12.4. The summed E-state index contributed by atoms with van der Waals surface area (Å²) in [7, 11) is 1.78. The van der Waals surface area contributed by atoms with Gasteiger partial charge in [0.1, 0.15) is 0 Å². The first-order valence-electron chi connectivity index (χ1n) is 7.27. The molecule has 2 aromatic rings. The van der Waals surface area contributed by atoms with Crippen molar-refractivity contribution in [3.05, 3.63) is 66.0 Å². The third-order valence-electron chi connectivity index (χ3n) is 3.16. The molecule has 0 amide bonds. The maximum absolute atomic E-state index is 4.28. The van der Waals surface area contributed by atoms with Crippen molar-refractivity contribution >= 4 is 5.96 Å². The molecule has 21 heavy (non-hydrogen) atoms. The number of pyridine rings is 1. The summed E-state index contributed by atoms with van der Waals surface area (Å²) in [5.74, 6) is 0.814. The molecule has 4 nitrogen and oxygen atoms in total. The van der Waals surface area contributed by atoms with E-state index in [0.29, 0.717) is 6.54 Å². The Bertz CT molecular complexity index is 537. The monoisotopic (exact) mass is 282 g/mol. The van der Waals surface area contributed by atoms with Crippen molar-refractivity contribution in [2.75, 3.05) is 13.6 Å². The number of hydrogen-bond acceptors (Lipinski definition) is 2. The summed E-state index contributed by atoms with van der Waals surface area (Å²) in [6, 6.07) is 16.4. The maximum atomic E-state index is 4.28. The molecule has 2 N–H and O–H groups in total. The largest absolute Gasteiger partial charge is 0.356 e. The predicted molar refractivity (Wildman–Crippen MR) is 87.2 cm³/mol. The Hall–Kier alpha value is -2.36. The average Bonchev–Trinajstić information content (AvgIpc) is 2.56. The zero-order valence-corrected chi connectivity index (χ0v) is 12.4. The first-order valence-corrected chi connectivity index (χ1v) is 7.27. The van der Waals surface area contributed by atoms with E-state index in [-0.39, 0.29) is 0 Å². The van der Waals surface area contributed by atoms with Gasteiger partial charge in [0, 0.05) is 19.8 Å². The molecule has 0 atom stereocenters. The molecule has 1 heterocycles. The molecule has 0 aliphatic carbocycles. The summed E-state index contributed by atoms with van der Waals surface area (Å²) in [6.07, 6.45) is 3.95. The summed E-state index contributed by atoms with van der Waals surface area (Å²) >= 11 is 0. The number of rotatable bonds is 6. The second kappa shape index (κ2) is 8.74. The smallest absolute Gasteiger partial charge is 0.191 e. The summed E-state index contributed by atoms with van der Waals surface area (Å²) in [4.78, 5) is 8.49. The van der Waals surface area contributed by atoms with Crippen molar-refractivity contribution < 1.29 is 0 Å². The average molecular weight is 282 g/mol. The van der Waals surface area contributed by atoms with E-state index in [1.165, 1.54) is 5.56 Å². The van der Waals surface area contributed by atoms with Crippen LogP contribution in [0.25, 0.3) is 0 Å². The van der Waals surface area contributed by atoms with Crippen LogP contribution in [0.4, 0.5) is 0 Å². The zero-order chi connectivity index (χ0) is 14.8. The Morgan fingerprint density at radius 2 is 1.86 bits per heavy atom. The fraction of sp³-hybridized carbons (Fsp3) is 0.294. The maximum Gasteiger partial charge on any atom is 0.191 e. The minimum atomic E-state index is 0.680. The number of hydrogen-bond donors (Lipinski definition) is 2. The number of aliphatic imine (C=N–C) groups is 1. The lowest BCUT2D eigenvalue weighted by molar-refractivity contribution is 0.738. The van der Waals surface area contributed by atoms with Crippen LogP contribution in [0.5, 0.6) is 0 Å². The number of guanidine groups is 1. The van der Waals surface area contributed by atoms with Crippen LogP contribution in [0.1, 0.15) is 17.7 Å². The first kappa shape index (κ1) is 15.0. The van der Waals surface area contributed by atoms with Gasteiger partial charge < -0.3 is 10.6 Å². The highest BCUT2D eigenvalue weighted by molar-refractivity contribution is 5.79. The van der Waals surface area contributed by atoms with Crippen LogP contribution in [0, 0.1) is 0 Å².